The van der Waals surface area contributed by atoms with Gasteiger partial charge in [-0.15, -0.1) is 0 Å². The molecule has 8 heteroatoms. The van der Waals surface area contributed by atoms with Crippen molar-refractivity contribution in [2.75, 3.05) is 26.0 Å². The Morgan fingerprint density at radius 3 is 2.48 bits per heavy atom. The van der Waals surface area contributed by atoms with E-state index < -0.39 is 6.04 Å². The minimum absolute atomic E-state index is 0.0340. The van der Waals surface area contributed by atoms with Crippen LogP contribution >= 0.6 is 0 Å². The molecule has 0 spiro atoms. The van der Waals surface area contributed by atoms with Crippen molar-refractivity contribution in [2.45, 2.75) is 26.0 Å². The Balaban J connectivity index is 1.35. The molecule has 1 aromatic heterocycles. The number of likely N-dealkylation sites (N-methyl/N-ethyl adjacent to an activating group) is 1. The fourth-order valence-corrected chi connectivity index (χ4v) is 5.14. The molecule has 0 aliphatic rings. The first-order chi connectivity index (χ1) is 21.4. The summed E-state index contributed by atoms with van der Waals surface area (Å²) < 4.78 is 11.5. The van der Waals surface area contributed by atoms with Crippen molar-refractivity contribution in [1.82, 2.24) is 15.6 Å². The van der Waals surface area contributed by atoms with Gasteiger partial charge in [-0.05, 0) is 52.6 Å². The van der Waals surface area contributed by atoms with Crippen LogP contribution in [0.5, 0.6) is 11.5 Å². The Morgan fingerprint density at radius 1 is 0.886 bits per heavy atom. The molecular formula is C36H36N4O4. The zero-order valence-electron chi connectivity index (χ0n) is 25.1. The number of hydrogen-bond donors (Lipinski definition) is 3. The smallest absolute Gasteiger partial charge is 0.242 e. The summed E-state index contributed by atoms with van der Waals surface area (Å²) in [6.45, 7) is 2.35. The van der Waals surface area contributed by atoms with Crippen molar-refractivity contribution in [3.8, 4) is 22.6 Å². The second kappa shape index (κ2) is 14.2. The van der Waals surface area contributed by atoms with Crippen LogP contribution in [0.25, 0.3) is 21.9 Å². The first-order valence-corrected chi connectivity index (χ1v) is 14.5. The molecular weight excluding hydrogens is 552 g/mol. The second-order valence-electron chi connectivity index (χ2n) is 10.5. The lowest BCUT2D eigenvalue weighted by Gasteiger charge is -2.20. The number of rotatable bonds is 12. The van der Waals surface area contributed by atoms with E-state index in [1.807, 2.05) is 97.9 Å². The van der Waals surface area contributed by atoms with E-state index in [4.69, 9.17) is 9.47 Å². The number of nitrogens with zero attached hydrogens (tertiary/aromatic N) is 1. The van der Waals surface area contributed by atoms with Crippen LogP contribution in [0.15, 0.2) is 103 Å². The number of carbonyl (C=O) groups excluding carboxylic acids is 2. The lowest BCUT2D eigenvalue weighted by Crippen LogP contribution is -2.48. The fourth-order valence-electron chi connectivity index (χ4n) is 5.14. The molecule has 0 saturated heterocycles. The van der Waals surface area contributed by atoms with Gasteiger partial charge in [-0.1, -0.05) is 72.8 Å². The molecule has 1 atom stereocenters. The molecule has 5 aromatic rings. The molecule has 2 amide bonds. The molecule has 0 aliphatic carbocycles. The summed E-state index contributed by atoms with van der Waals surface area (Å²) in [5.74, 6) is 0.792. The summed E-state index contributed by atoms with van der Waals surface area (Å²) in [6.07, 6.45) is 3.81. The normalized spacial score (nSPS) is 11.4. The quantitative estimate of drug-likeness (QED) is 0.173. The number of aromatic nitrogens is 1. The number of fused-ring (bicyclic) bond motifs is 1. The van der Waals surface area contributed by atoms with Crippen molar-refractivity contribution in [2.24, 2.45) is 0 Å². The van der Waals surface area contributed by atoms with Gasteiger partial charge in [-0.3, -0.25) is 14.6 Å². The standard InChI is InChI=1S/C36H36N4O4/c1-24-13-14-26(18-33(24)43-3)17-32(36(42)37-2)40-34(41)22-39-31-16-15-27-11-7-8-12-30(27)35(31)28-19-29(21-38-20-28)44-23-25-9-5-4-6-10-25/h4-16,18-21,32,39H,17,22-23H2,1-3H3,(H,37,42)(H,40,41)/t32-/m0/s1. The average molecular weight is 589 g/mol. The Labute approximate surface area is 257 Å². The van der Waals surface area contributed by atoms with Crippen molar-refractivity contribution in [3.63, 3.8) is 0 Å². The molecule has 0 fully saturated rings. The summed E-state index contributed by atoms with van der Waals surface area (Å²) in [4.78, 5) is 30.4. The minimum atomic E-state index is -0.750. The molecule has 4 aromatic carbocycles. The van der Waals surface area contributed by atoms with Crippen LogP contribution in [-0.2, 0) is 22.6 Å². The number of pyridine rings is 1. The molecule has 8 nitrogen and oxygen atoms in total. The van der Waals surface area contributed by atoms with Crippen molar-refractivity contribution in [3.05, 3.63) is 120 Å². The zero-order chi connectivity index (χ0) is 30.9. The van der Waals surface area contributed by atoms with Gasteiger partial charge in [0.2, 0.25) is 11.8 Å². The van der Waals surface area contributed by atoms with E-state index in [-0.39, 0.29) is 18.4 Å². The van der Waals surface area contributed by atoms with Crippen LogP contribution in [0, 0.1) is 6.92 Å². The summed E-state index contributed by atoms with van der Waals surface area (Å²) in [7, 11) is 3.17. The summed E-state index contributed by atoms with van der Waals surface area (Å²) in [5, 5.41) is 10.9. The Hall–Kier alpha value is -5.37. The van der Waals surface area contributed by atoms with Crippen LogP contribution in [-0.4, -0.2) is 43.5 Å². The Morgan fingerprint density at radius 2 is 1.68 bits per heavy atom. The van der Waals surface area contributed by atoms with Gasteiger partial charge in [0, 0.05) is 36.5 Å². The monoisotopic (exact) mass is 588 g/mol. The Kier molecular flexibility index (Phi) is 9.71. The highest BCUT2D eigenvalue weighted by atomic mass is 16.5. The van der Waals surface area contributed by atoms with Gasteiger partial charge < -0.3 is 25.4 Å². The first kappa shape index (κ1) is 30.1. The predicted molar refractivity (Wildman–Crippen MR) is 174 cm³/mol. The average Bonchev–Trinajstić information content (AvgIpc) is 3.06. The number of amides is 2. The Bertz CT molecular complexity index is 1760. The van der Waals surface area contributed by atoms with Crippen molar-refractivity contribution >= 4 is 28.3 Å². The summed E-state index contributed by atoms with van der Waals surface area (Å²) in [5.41, 5.74) is 5.47. The highest BCUT2D eigenvalue weighted by Gasteiger charge is 2.21. The minimum Gasteiger partial charge on any atom is -0.496 e. The number of carbonyl (C=O) groups is 2. The maximum Gasteiger partial charge on any atom is 0.242 e. The number of nitrogens with one attached hydrogen (secondary N) is 3. The van der Waals surface area contributed by atoms with Crippen molar-refractivity contribution in [1.29, 1.82) is 0 Å². The van der Waals surface area contributed by atoms with Gasteiger partial charge in [0.25, 0.3) is 0 Å². The fraction of sp³-hybridized carbons (Fsp3) is 0.194. The number of aryl methyl sites for hydroxylation is 1. The molecule has 0 bridgehead atoms. The molecule has 0 unspecified atom stereocenters. The third-order valence-electron chi connectivity index (χ3n) is 7.43. The highest BCUT2D eigenvalue weighted by molar-refractivity contribution is 6.03. The lowest BCUT2D eigenvalue weighted by molar-refractivity contribution is -0.127. The number of benzene rings is 4. The zero-order valence-corrected chi connectivity index (χ0v) is 25.1. The van der Waals surface area contributed by atoms with E-state index in [2.05, 4.69) is 20.9 Å². The van der Waals surface area contributed by atoms with E-state index in [1.165, 1.54) is 0 Å². The van der Waals surface area contributed by atoms with Gasteiger partial charge >= 0.3 is 0 Å². The van der Waals surface area contributed by atoms with Crippen molar-refractivity contribution < 1.29 is 19.1 Å². The van der Waals surface area contributed by atoms with E-state index >= 15 is 0 Å². The molecule has 44 heavy (non-hydrogen) atoms. The number of ether oxygens (including phenoxy) is 2. The molecule has 224 valence electrons. The molecule has 0 aliphatic heterocycles. The summed E-state index contributed by atoms with van der Waals surface area (Å²) in [6, 6.07) is 29.0. The lowest BCUT2D eigenvalue weighted by atomic mass is 9.97. The van der Waals surface area contributed by atoms with E-state index in [1.54, 1.807) is 26.6 Å². The van der Waals surface area contributed by atoms with E-state index in [9.17, 15) is 9.59 Å². The summed E-state index contributed by atoms with van der Waals surface area (Å²) >= 11 is 0. The van der Waals surface area contributed by atoms with Gasteiger partial charge in [0.05, 0.1) is 19.9 Å². The molecule has 1 heterocycles. The predicted octanol–water partition coefficient (Wildman–Crippen LogP) is 5.68. The second-order valence-corrected chi connectivity index (χ2v) is 10.5. The van der Waals surface area contributed by atoms with Crippen LogP contribution < -0.4 is 25.4 Å². The first-order valence-electron chi connectivity index (χ1n) is 14.5. The number of methoxy groups -OCH3 is 1. The van der Waals surface area contributed by atoms with Crippen LogP contribution in [0.4, 0.5) is 5.69 Å². The SMILES string of the molecule is CNC(=O)[C@H](Cc1ccc(C)c(OC)c1)NC(=O)CNc1ccc2ccccc2c1-c1cncc(OCc2ccccc2)c1. The van der Waals surface area contributed by atoms with E-state index in [0.29, 0.717) is 18.8 Å². The van der Waals surface area contributed by atoms with E-state index in [0.717, 1.165) is 50.0 Å². The number of anilines is 1. The van der Waals surface area contributed by atoms with Crippen LogP contribution in [0.2, 0.25) is 0 Å². The van der Waals surface area contributed by atoms with Gasteiger partial charge in [0.15, 0.2) is 0 Å². The molecule has 0 radical (unpaired) electrons. The molecule has 3 N–H and O–H groups in total. The third kappa shape index (κ3) is 7.33. The van der Waals surface area contributed by atoms with Crippen LogP contribution in [0.1, 0.15) is 16.7 Å². The van der Waals surface area contributed by atoms with Gasteiger partial charge in [0.1, 0.15) is 24.1 Å². The largest absolute Gasteiger partial charge is 0.496 e. The highest BCUT2D eigenvalue weighted by Crippen LogP contribution is 2.36. The molecule has 5 rings (SSSR count). The maximum atomic E-state index is 13.2. The maximum absolute atomic E-state index is 13.2. The van der Waals surface area contributed by atoms with Crippen LogP contribution in [0.3, 0.4) is 0 Å². The topological polar surface area (TPSA) is 102 Å². The van der Waals surface area contributed by atoms with Gasteiger partial charge in [-0.25, -0.2) is 0 Å². The van der Waals surface area contributed by atoms with Gasteiger partial charge in [-0.2, -0.15) is 0 Å². The molecule has 0 saturated carbocycles. The third-order valence-corrected chi connectivity index (χ3v) is 7.43. The number of hydrogen-bond acceptors (Lipinski definition) is 6.